The molecule has 0 aliphatic carbocycles. The molecule has 0 saturated carbocycles. The quantitative estimate of drug-likeness (QED) is 0.679. The third-order valence-electron chi connectivity index (χ3n) is 2.24. The Balaban J connectivity index is 1.92. The Bertz CT molecular complexity index is 712. The molecule has 0 amide bonds. The summed E-state index contributed by atoms with van der Waals surface area (Å²) < 4.78 is 19.8. The molecule has 0 spiro atoms. The Labute approximate surface area is 100.0 Å². The maximum Gasteiger partial charge on any atom is 0.239 e. The zero-order chi connectivity index (χ0) is 12.5. The number of rotatable bonds is 2. The molecule has 2 heterocycles. The number of ether oxygens (including phenoxy) is 1. The summed E-state index contributed by atoms with van der Waals surface area (Å²) in [6, 6.07) is 7.36. The van der Waals surface area contributed by atoms with Crippen LogP contribution in [0, 0.1) is 5.82 Å². The van der Waals surface area contributed by atoms with Gasteiger partial charge in [0, 0.05) is 12.1 Å². The molecule has 3 rings (SSSR count). The number of nitrogen functional groups attached to an aromatic ring is 1. The van der Waals surface area contributed by atoms with Crippen LogP contribution >= 0.6 is 0 Å². The number of fused-ring (bicyclic) bond motifs is 1. The smallest absolute Gasteiger partial charge is 0.239 e. The lowest BCUT2D eigenvalue weighted by molar-refractivity contribution is 0.443. The van der Waals surface area contributed by atoms with E-state index in [1.807, 2.05) is 0 Å². The van der Waals surface area contributed by atoms with Crippen LogP contribution in [0.25, 0.3) is 5.65 Å². The lowest BCUT2D eigenvalue weighted by Gasteiger charge is -2.05. The van der Waals surface area contributed by atoms with Crippen molar-refractivity contribution in [2.24, 2.45) is 0 Å². The van der Waals surface area contributed by atoms with Crippen molar-refractivity contribution in [3.05, 3.63) is 36.1 Å². The van der Waals surface area contributed by atoms with Crippen LogP contribution in [0.4, 0.5) is 10.1 Å². The number of aromatic nitrogens is 5. The predicted octanol–water partition coefficient (Wildman–Crippen LogP) is 1.03. The van der Waals surface area contributed by atoms with Crippen LogP contribution in [0.1, 0.15) is 0 Å². The summed E-state index contributed by atoms with van der Waals surface area (Å²) in [5.74, 6) is -0.00315. The van der Waals surface area contributed by atoms with Gasteiger partial charge in [0.2, 0.25) is 5.88 Å². The summed E-state index contributed by atoms with van der Waals surface area (Å²) in [4.78, 5) is 0. The van der Waals surface area contributed by atoms with Gasteiger partial charge in [-0.1, -0.05) is 0 Å². The lowest BCUT2D eigenvalue weighted by atomic mass is 10.3. The van der Waals surface area contributed by atoms with Crippen molar-refractivity contribution in [1.82, 2.24) is 25.3 Å². The largest absolute Gasteiger partial charge is 0.437 e. The van der Waals surface area contributed by atoms with Crippen molar-refractivity contribution in [3.8, 4) is 11.6 Å². The van der Waals surface area contributed by atoms with E-state index in [9.17, 15) is 4.39 Å². The minimum Gasteiger partial charge on any atom is -0.437 e. The molecule has 0 aliphatic rings. The third-order valence-corrected chi connectivity index (χ3v) is 2.24. The van der Waals surface area contributed by atoms with E-state index in [0.717, 1.165) is 0 Å². The number of nitrogens with two attached hydrogens (primary N) is 1. The fourth-order valence-electron chi connectivity index (χ4n) is 1.38. The van der Waals surface area contributed by atoms with Crippen LogP contribution in [-0.2, 0) is 0 Å². The Morgan fingerprint density at radius 3 is 2.94 bits per heavy atom. The fourth-order valence-corrected chi connectivity index (χ4v) is 1.38. The van der Waals surface area contributed by atoms with Gasteiger partial charge in [-0.15, -0.1) is 14.8 Å². The van der Waals surface area contributed by atoms with Gasteiger partial charge in [-0.3, -0.25) is 0 Å². The van der Waals surface area contributed by atoms with Gasteiger partial charge >= 0.3 is 0 Å². The number of tetrazole rings is 1. The van der Waals surface area contributed by atoms with Gasteiger partial charge in [0.15, 0.2) is 5.65 Å². The number of benzene rings is 1. The van der Waals surface area contributed by atoms with E-state index in [-0.39, 0.29) is 11.6 Å². The van der Waals surface area contributed by atoms with E-state index >= 15 is 0 Å². The molecule has 0 fully saturated rings. The standard InChI is InChI=1S/C10H7FN6O/c11-7-5-6(1-2-8(7)12)18-10-4-3-9-13-15-16-17(9)14-10/h1-5H,12H2. The number of halogens is 1. The Morgan fingerprint density at radius 1 is 1.22 bits per heavy atom. The highest BCUT2D eigenvalue weighted by atomic mass is 19.1. The SMILES string of the molecule is Nc1ccc(Oc2ccc3nnnn3n2)cc1F. The third kappa shape index (κ3) is 1.79. The van der Waals surface area contributed by atoms with E-state index in [0.29, 0.717) is 11.4 Å². The minimum absolute atomic E-state index is 0.0613. The molecule has 2 aromatic heterocycles. The van der Waals surface area contributed by atoms with E-state index in [1.54, 1.807) is 18.2 Å². The second-order valence-corrected chi connectivity index (χ2v) is 3.48. The Morgan fingerprint density at radius 2 is 2.11 bits per heavy atom. The van der Waals surface area contributed by atoms with Crippen LogP contribution in [-0.4, -0.2) is 25.3 Å². The second-order valence-electron chi connectivity index (χ2n) is 3.48. The molecule has 90 valence electrons. The van der Waals surface area contributed by atoms with Gasteiger partial charge < -0.3 is 10.5 Å². The van der Waals surface area contributed by atoms with Crippen LogP contribution in [0.3, 0.4) is 0 Å². The van der Waals surface area contributed by atoms with Gasteiger partial charge in [0.1, 0.15) is 11.6 Å². The molecule has 1 aromatic carbocycles. The average Bonchev–Trinajstić information content (AvgIpc) is 2.81. The highest BCUT2D eigenvalue weighted by Gasteiger charge is 2.05. The monoisotopic (exact) mass is 246 g/mol. The highest BCUT2D eigenvalue weighted by molar-refractivity contribution is 5.44. The molecule has 3 aromatic rings. The van der Waals surface area contributed by atoms with Crippen LogP contribution in [0.15, 0.2) is 30.3 Å². The molecular formula is C10H7FN6O. The van der Waals surface area contributed by atoms with Crippen molar-refractivity contribution in [2.75, 3.05) is 5.73 Å². The number of hydrogen-bond acceptors (Lipinski definition) is 6. The number of nitrogens with zero attached hydrogens (tertiary/aromatic N) is 5. The Hall–Kier alpha value is -2.77. The molecular weight excluding hydrogens is 239 g/mol. The summed E-state index contributed by atoms with van der Waals surface area (Å²) in [7, 11) is 0. The molecule has 0 bridgehead atoms. The molecule has 0 aliphatic heterocycles. The normalized spacial score (nSPS) is 10.7. The fraction of sp³-hybridized carbons (Fsp3) is 0. The zero-order valence-corrected chi connectivity index (χ0v) is 8.99. The Kier molecular flexibility index (Phi) is 2.26. The van der Waals surface area contributed by atoms with Crippen molar-refractivity contribution in [1.29, 1.82) is 0 Å². The van der Waals surface area contributed by atoms with Gasteiger partial charge in [-0.25, -0.2) is 4.39 Å². The summed E-state index contributed by atoms with van der Waals surface area (Å²) >= 11 is 0. The zero-order valence-electron chi connectivity index (χ0n) is 8.99. The first-order valence-electron chi connectivity index (χ1n) is 5.01. The van der Waals surface area contributed by atoms with E-state index in [1.165, 1.54) is 16.8 Å². The van der Waals surface area contributed by atoms with Crippen molar-refractivity contribution in [2.45, 2.75) is 0 Å². The van der Waals surface area contributed by atoms with Crippen molar-refractivity contribution >= 4 is 11.3 Å². The molecule has 0 unspecified atom stereocenters. The minimum atomic E-state index is -0.545. The first-order valence-corrected chi connectivity index (χ1v) is 5.01. The van der Waals surface area contributed by atoms with E-state index in [2.05, 4.69) is 20.6 Å². The van der Waals surface area contributed by atoms with Crippen LogP contribution < -0.4 is 10.5 Å². The molecule has 18 heavy (non-hydrogen) atoms. The van der Waals surface area contributed by atoms with Gasteiger partial charge in [0.05, 0.1) is 5.69 Å². The average molecular weight is 246 g/mol. The maximum absolute atomic E-state index is 13.2. The molecule has 0 atom stereocenters. The summed E-state index contributed by atoms with van der Waals surface area (Å²) in [5, 5.41) is 14.8. The first-order chi connectivity index (χ1) is 8.72. The van der Waals surface area contributed by atoms with Crippen LogP contribution in [0.2, 0.25) is 0 Å². The molecule has 8 heteroatoms. The summed E-state index contributed by atoms with van der Waals surface area (Å²) in [6.45, 7) is 0. The number of anilines is 1. The molecule has 7 nitrogen and oxygen atoms in total. The topological polar surface area (TPSA) is 91.2 Å². The lowest BCUT2D eigenvalue weighted by Crippen LogP contribution is -1.97. The van der Waals surface area contributed by atoms with Crippen molar-refractivity contribution < 1.29 is 9.13 Å². The molecule has 0 saturated heterocycles. The predicted molar refractivity (Wildman–Crippen MR) is 59.5 cm³/mol. The highest BCUT2D eigenvalue weighted by Crippen LogP contribution is 2.22. The van der Waals surface area contributed by atoms with E-state index < -0.39 is 5.82 Å². The molecule has 2 N–H and O–H groups in total. The molecule has 0 radical (unpaired) electrons. The van der Waals surface area contributed by atoms with Crippen LogP contribution in [0.5, 0.6) is 11.6 Å². The maximum atomic E-state index is 13.2. The number of hydrogen-bond donors (Lipinski definition) is 1. The van der Waals surface area contributed by atoms with Gasteiger partial charge in [0.25, 0.3) is 0 Å². The summed E-state index contributed by atoms with van der Waals surface area (Å²) in [6.07, 6.45) is 0. The second kappa shape index (κ2) is 3.91. The van der Waals surface area contributed by atoms with Gasteiger partial charge in [-0.05, 0) is 28.6 Å². The summed E-state index contributed by atoms with van der Waals surface area (Å²) in [5.41, 5.74) is 5.92. The first kappa shape index (κ1) is 10.4. The van der Waals surface area contributed by atoms with Crippen molar-refractivity contribution in [3.63, 3.8) is 0 Å². The van der Waals surface area contributed by atoms with E-state index in [4.69, 9.17) is 10.5 Å². The van der Waals surface area contributed by atoms with Gasteiger partial charge in [-0.2, -0.15) is 0 Å².